The van der Waals surface area contributed by atoms with Gasteiger partial charge in [-0.25, -0.2) is 0 Å². The number of benzene rings is 2. The summed E-state index contributed by atoms with van der Waals surface area (Å²) >= 11 is 0. The van der Waals surface area contributed by atoms with Gasteiger partial charge < -0.3 is 20.1 Å². The molecule has 4 rings (SSSR count). The standard InChI is InChI=1S/C23H27N3O4/c27-22(24-19-7-8-20-21(15-19)30-14-4-13-29-20)16-26-11-9-17(10-12-26)23(28)25-18-5-2-1-3-6-18/h1-3,5-8,15,17H,4,9-14,16H2,(H,24,27)(H,25,28). The maximum Gasteiger partial charge on any atom is 0.238 e. The average Bonchev–Trinajstić information content (AvgIpc) is 3.00. The van der Waals surface area contributed by atoms with E-state index in [1.807, 2.05) is 42.5 Å². The Morgan fingerprint density at radius 1 is 0.900 bits per heavy atom. The Balaban J connectivity index is 1.23. The van der Waals surface area contributed by atoms with Crippen molar-refractivity contribution >= 4 is 23.2 Å². The SMILES string of the molecule is O=C(CN1CCC(C(=O)Nc2ccccc2)CC1)Nc1ccc2c(c1)OCCCO2. The zero-order valence-electron chi connectivity index (χ0n) is 16.9. The maximum atomic E-state index is 12.5. The van der Waals surface area contributed by atoms with Gasteiger partial charge in [0, 0.05) is 29.8 Å². The van der Waals surface area contributed by atoms with Crippen molar-refractivity contribution in [2.45, 2.75) is 19.3 Å². The fourth-order valence-corrected chi connectivity index (χ4v) is 3.76. The largest absolute Gasteiger partial charge is 0.490 e. The summed E-state index contributed by atoms with van der Waals surface area (Å²) in [5.74, 6) is 1.33. The molecule has 0 saturated carbocycles. The van der Waals surface area contributed by atoms with Crippen molar-refractivity contribution in [2.75, 3.05) is 43.5 Å². The fourth-order valence-electron chi connectivity index (χ4n) is 3.76. The first kappa shape index (κ1) is 20.2. The number of fused-ring (bicyclic) bond motifs is 1. The van der Waals surface area contributed by atoms with Crippen molar-refractivity contribution in [1.29, 1.82) is 0 Å². The molecule has 7 nitrogen and oxygen atoms in total. The zero-order valence-corrected chi connectivity index (χ0v) is 16.9. The summed E-state index contributed by atoms with van der Waals surface area (Å²) in [6.45, 7) is 3.00. The molecule has 2 N–H and O–H groups in total. The van der Waals surface area contributed by atoms with Gasteiger partial charge >= 0.3 is 0 Å². The highest BCUT2D eigenvalue weighted by molar-refractivity contribution is 5.93. The Kier molecular flexibility index (Phi) is 6.49. The molecule has 0 spiro atoms. The third kappa shape index (κ3) is 5.30. The fraction of sp³-hybridized carbons (Fsp3) is 0.391. The number of para-hydroxylation sites is 1. The minimum atomic E-state index is -0.0725. The van der Waals surface area contributed by atoms with Crippen LogP contribution in [0.2, 0.25) is 0 Å². The molecule has 0 bridgehead atoms. The van der Waals surface area contributed by atoms with Gasteiger partial charge in [0.05, 0.1) is 19.8 Å². The maximum absolute atomic E-state index is 12.5. The van der Waals surface area contributed by atoms with Gasteiger partial charge in [0.1, 0.15) is 0 Å². The van der Waals surface area contributed by atoms with Crippen molar-refractivity contribution in [3.05, 3.63) is 48.5 Å². The van der Waals surface area contributed by atoms with Gasteiger partial charge in [0.15, 0.2) is 11.5 Å². The molecule has 2 aromatic carbocycles. The first-order valence-electron chi connectivity index (χ1n) is 10.4. The summed E-state index contributed by atoms with van der Waals surface area (Å²) in [5, 5.41) is 5.90. The van der Waals surface area contributed by atoms with E-state index in [0.717, 1.165) is 38.0 Å². The van der Waals surface area contributed by atoms with E-state index < -0.39 is 0 Å². The van der Waals surface area contributed by atoms with E-state index in [1.54, 1.807) is 6.07 Å². The monoisotopic (exact) mass is 409 g/mol. The van der Waals surface area contributed by atoms with Gasteiger partial charge in [0.2, 0.25) is 11.8 Å². The van der Waals surface area contributed by atoms with E-state index in [0.29, 0.717) is 36.9 Å². The molecule has 0 aromatic heterocycles. The number of nitrogens with one attached hydrogen (secondary N) is 2. The third-order valence-electron chi connectivity index (χ3n) is 5.40. The summed E-state index contributed by atoms with van der Waals surface area (Å²) in [7, 11) is 0. The highest BCUT2D eigenvalue weighted by atomic mass is 16.5. The Bertz CT molecular complexity index is 879. The molecule has 2 aromatic rings. The second-order valence-corrected chi connectivity index (χ2v) is 7.67. The van der Waals surface area contributed by atoms with Crippen LogP contribution in [0.15, 0.2) is 48.5 Å². The number of anilines is 2. The molecular weight excluding hydrogens is 382 g/mol. The van der Waals surface area contributed by atoms with E-state index in [2.05, 4.69) is 15.5 Å². The second-order valence-electron chi connectivity index (χ2n) is 7.67. The number of ether oxygens (including phenoxy) is 2. The first-order chi connectivity index (χ1) is 14.7. The predicted molar refractivity (Wildman–Crippen MR) is 115 cm³/mol. The molecular formula is C23H27N3O4. The van der Waals surface area contributed by atoms with Crippen LogP contribution in [0.5, 0.6) is 11.5 Å². The molecule has 30 heavy (non-hydrogen) atoms. The molecule has 1 fully saturated rings. The molecule has 1 saturated heterocycles. The Morgan fingerprint density at radius 3 is 2.40 bits per heavy atom. The van der Waals surface area contributed by atoms with Crippen LogP contribution in [0.3, 0.4) is 0 Å². The molecule has 2 heterocycles. The van der Waals surface area contributed by atoms with Crippen molar-refractivity contribution in [2.24, 2.45) is 5.92 Å². The highest BCUT2D eigenvalue weighted by Gasteiger charge is 2.26. The highest BCUT2D eigenvalue weighted by Crippen LogP contribution is 2.32. The summed E-state index contributed by atoms with van der Waals surface area (Å²) < 4.78 is 11.3. The van der Waals surface area contributed by atoms with Crippen LogP contribution < -0.4 is 20.1 Å². The Labute approximate surface area is 176 Å². The van der Waals surface area contributed by atoms with Gasteiger partial charge in [-0.3, -0.25) is 14.5 Å². The number of rotatable bonds is 5. The third-order valence-corrected chi connectivity index (χ3v) is 5.40. The Morgan fingerprint density at radius 2 is 1.63 bits per heavy atom. The lowest BCUT2D eigenvalue weighted by Gasteiger charge is -2.30. The number of carbonyl (C=O) groups excluding carboxylic acids is 2. The van der Waals surface area contributed by atoms with Crippen LogP contribution in [-0.2, 0) is 9.59 Å². The molecule has 2 aliphatic rings. The van der Waals surface area contributed by atoms with Crippen molar-refractivity contribution in [3.8, 4) is 11.5 Å². The van der Waals surface area contributed by atoms with Crippen LogP contribution in [0, 0.1) is 5.92 Å². The molecule has 7 heteroatoms. The second kappa shape index (κ2) is 9.63. The van der Waals surface area contributed by atoms with Crippen molar-refractivity contribution in [3.63, 3.8) is 0 Å². The van der Waals surface area contributed by atoms with Gasteiger partial charge in [0.25, 0.3) is 0 Å². The smallest absolute Gasteiger partial charge is 0.238 e. The summed E-state index contributed by atoms with van der Waals surface area (Å²) in [6, 6.07) is 15.0. The molecule has 2 amide bonds. The Hall–Kier alpha value is -3.06. The van der Waals surface area contributed by atoms with Crippen LogP contribution in [0.4, 0.5) is 11.4 Å². The summed E-state index contributed by atoms with van der Waals surface area (Å²) in [6.07, 6.45) is 2.33. The van der Waals surface area contributed by atoms with Gasteiger partial charge in [-0.1, -0.05) is 18.2 Å². The van der Waals surface area contributed by atoms with Crippen LogP contribution in [0.25, 0.3) is 0 Å². The average molecular weight is 409 g/mol. The molecule has 0 aliphatic carbocycles. The number of piperidine rings is 1. The van der Waals surface area contributed by atoms with Gasteiger partial charge in [-0.2, -0.15) is 0 Å². The lowest BCUT2D eigenvalue weighted by atomic mass is 9.96. The summed E-state index contributed by atoms with van der Waals surface area (Å²) in [4.78, 5) is 27.0. The number of hydrogen-bond donors (Lipinski definition) is 2. The van der Waals surface area contributed by atoms with Gasteiger partial charge in [-0.15, -0.1) is 0 Å². The van der Waals surface area contributed by atoms with Gasteiger partial charge in [-0.05, 0) is 50.2 Å². The lowest BCUT2D eigenvalue weighted by Crippen LogP contribution is -2.41. The first-order valence-corrected chi connectivity index (χ1v) is 10.4. The van der Waals surface area contributed by atoms with E-state index in [1.165, 1.54) is 0 Å². The van der Waals surface area contributed by atoms with E-state index >= 15 is 0 Å². The van der Waals surface area contributed by atoms with Crippen LogP contribution >= 0.6 is 0 Å². The molecule has 2 aliphatic heterocycles. The zero-order chi connectivity index (χ0) is 20.8. The number of likely N-dealkylation sites (tertiary alicyclic amines) is 1. The molecule has 0 atom stereocenters. The minimum Gasteiger partial charge on any atom is -0.490 e. The van der Waals surface area contributed by atoms with E-state index in [4.69, 9.17) is 9.47 Å². The quantitative estimate of drug-likeness (QED) is 0.793. The van der Waals surface area contributed by atoms with Crippen LogP contribution in [-0.4, -0.2) is 49.6 Å². The number of nitrogens with zero attached hydrogens (tertiary/aromatic N) is 1. The molecule has 0 unspecified atom stereocenters. The van der Waals surface area contributed by atoms with Crippen LogP contribution in [0.1, 0.15) is 19.3 Å². The van der Waals surface area contributed by atoms with E-state index in [9.17, 15) is 9.59 Å². The molecule has 158 valence electrons. The summed E-state index contributed by atoms with van der Waals surface area (Å²) in [5.41, 5.74) is 1.51. The van der Waals surface area contributed by atoms with Crippen molar-refractivity contribution < 1.29 is 19.1 Å². The minimum absolute atomic E-state index is 0.0220. The topological polar surface area (TPSA) is 79.9 Å². The predicted octanol–water partition coefficient (Wildman–Crippen LogP) is 3.14. The van der Waals surface area contributed by atoms with E-state index in [-0.39, 0.29) is 17.7 Å². The lowest BCUT2D eigenvalue weighted by molar-refractivity contribution is -0.121. The number of carbonyl (C=O) groups is 2. The number of hydrogen-bond acceptors (Lipinski definition) is 5. The number of amides is 2. The normalized spacial score (nSPS) is 17.1. The molecule has 0 radical (unpaired) electrons. The van der Waals surface area contributed by atoms with Crippen molar-refractivity contribution in [1.82, 2.24) is 4.90 Å².